The van der Waals surface area contributed by atoms with Crippen molar-refractivity contribution in [1.82, 2.24) is 4.90 Å². The minimum atomic E-state index is -0.989. The summed E-state index contributed by atoms with van der Waals surface area (Å²) in [5, 5.41) is 11.6. The number of carboxylic acid groups (broad SMARTS) is 1. The Morgan fingerprint density at radius 1 is 1.33 bits per heavy atom. The van der Waals surface area contributed by atoms with Crippen molar-refractivity contribution in [2.24, 2.45) is 0 Å². The average Bonchev–Trinajstić information content (AvgIpc) is 2.36. The van der Waals surface area contributed by atoms with Gasteiger partial charge in [0.05, 0.1) is 23.8 Å². The van der Waals surface area contributed by atoms with Crippen molar-refractivity contribution in [1.29, 1.82) is 0 Å². The van der Waals surface area contributed by atoms with E-state index in [1.807, 2.05) is 20.8 Å². The van der Waals surface area contributed by atoms with Crippen LogP contribution in [-0.2, 0) is 4.74 Å². The van der Waals surface area contributed by atoms with Crippen molar-refractivity contribution in [3.63, 3.8) is 0 Å². The first-order chi connectivity index (χ1) is 9.77. The van der Waals surface area contributed by atoms with Gasteiger partial charge >= 0.3 is 12.0 Å². The number of aromatic carboxylic acids is 1. The van der Waals surface area contributed by atoms with Gasteiger partial charge in [-0.2, -0.15) is 0 Å². The molecule has 21 heavy (non-hydrogen) atoms. The van der Waals surface area contributed by atoms with E-state index >= 15 is 0 Å². The summed E-state index contributed by atoms with van der Waals surface area (Å²) in [5.41, 5.74) is 0.387. The molecule has 0 bridgehead atoms. The van der Waals surface area contributed by atoms with Crippen molar-refractivity contribution in [2.45, 2.75) is 32.5 Å². The standard InChI is InChI=1S/C15H20N2O4/c1-10-8-17(9-15(2,3)21-10)14(20)16-12-6-4-11(5-7-12)13(18)19/h4-7,10H,8-9H2,1-3H3,(H,16,20)(H,18,19). The van der Waals surface area contributed by atoms with Crippen molar-refractivity contribution in [3.05, 3.63) is 29.8 Å². The Balaban J connectivity index is 2.02. The van der Waals surface area contributed by atoms with E-state index < -0.39 is 5.97 Å². The predicted octanol–water partition coefficient (Wildman–Crippen LogP) is 2.42. The Morgan fingerprint density at radius 3 is 2.48 bits per heavy atom. The molecule has 2 rings (SSSR count). The van der Waals surface area contributed by atoms with Crippen molar-refractivity contribution >= 4 is 17.7 Å². The molecule has 0 saturated carbocycles. The van der Waals surface area contributed by atoms with Crippen LogP contribution < -0.4 is 5.32 Å². The third-order valence-electron chi connectivity index (χ3n) is 3.24. The van der Waals surface area contributed by atoms with Gasteiger partial charge in [0.15, 0.2) is 0 Å². The fourth-order valence-electron chi connectivity index (χ4n) is 2.51. The van der Waals surface area contributed by atoms with Gasteiger partial charge in [-0.1, -0.05) is 0 Å². The van der Waals surface area contributed by atoms with Crippen LogP contribution in [0.4, 0.5) is 10.5 Å². The molecule has 1 aromatic rings. The molecule has 1 saturated heterocycles. The summed E-state index contributed by atoms with van der Waals surface area (Å²) in [6.45, 7) is 6.87. The summed E-state index contributed by atoms with van der Waals surface area (Å²) >= 11 is 0. The van der Waals surface area contributed by atoms with Gasteiger partial charge in [-0.25, -0.2) is 9.59 Å². The molecule has 0 aromatic heterocycles. The number of carbonyl (C=O) groups is 2. The number of anilines is 1. The van der Waals surface area contributed by atoms with Crippen LogP contribution >= 0.6 is 0 Å². The van der Waals surface area contributed by atoms with Crippen LogP contribution in [0, 0.1) is 0 Å². The van der Waals surface area contributed by atoms with Gasteiger partial charge in [0.2, 0.25) is 0 Å². The molecule has 1 aliphatic rings. The number of morpholine rings is 1. The number of benzene rings is 1. The minimum absolute atomic E-state index is 0.0195. The predicted molar refractivity (Wildman–Crippen MR) is 78.6 cm³/mol. The van der Waals surface area contributed by atoms with Crippen molar-refractivity contribution in [3.8, 4) is 0 Å². The lowest BCUT2D eigenvalue weighted by molar-refractivity contribution is -0.116. The topological polar surface area (TPSA) is 78.9 Å². The van der Waals surface area contributed by atoms with Gasteiger partial charge in [-0.3, -0.25) is 0 Å². The third kappa shape index (κ3) is 3.95. The fraction of sp³-hybridized carbons (Fsp3) is 0.467. The third-order valence-corrected chi connectivity index (χ3v) is 3.24. The van der Waals surface area contributed by atoms with E-state index in [2.05, 4.69) is 5.32 Å². The largest absolute Gasteiger partial charge is 0.478 e. The number of nitrogens with zero attached hydrogens (tertiary/aromatic N) is 1. The van der Waals surface area contributed by atoms with Crippen molar-refractivity contribution < 1.29 is 19.4 Å². The summed E-state index contributed by atoms with van der Waals surface area (Å²) < 4.78 is 5.76. The zero-order chi connectivity index (χ0) is 15.6. The molecular formula is C15H20N2O4. The Morgan fingerprint density at radius 2 is 1.95 bits per heavy atom. The number of urea groups is 1. The zero-order valence-corrected chi connectivity index (χ0v) is 12.4. The maximum atomic E-state index is 12.3. The molecule has 1 fully saturated rings. The molecule has 6 heteroatoms. The highest BCUT2D eigenvalue weighted by molar-refractivity contribution is 5.91. The van der Waals surface area contributed by atoms with E-state index in [-0.39, 0.29) is 23.3 Å². The molecule has 2 amide bonds. The van der Waals surface area contributed by atoms with Crippen LogP contribution in [-0.4, -0.2) is 46.8 Å². The number of carboxylic acids is 1. The maximum Gasteiger partial charge on any atom is 0.335 e. The van der Waals surface area contributed by atoms with Crippen LogP contribution in [0.3, 0.4) is 0 Å². The Labute approximate surface area is 123 Å². The number of ether oxygens (including phenoxy) is 1. The number of hydrogen-bond acceptors (Lipinski definition) is 3. The molecule has 0 aliphatic carbocycles. The number of hydrogen-bond donors (Lipinski definition) is 2. The van der Waals surface area contributed by atoms with Crippen LogP contribution in [0.2, 0.25) is 0 Å². The minimum Gasteiger partial charge on any atom is -0.478 e. The van der Waals surface area contributed by atoms with Gasteiger partial charge in [-0.05, 0) is 45.0 Å². The van der Waals surface area contributed by atoms with E-state index in [9.17, 15) is 9.59 Å². The number of amides is 2. The number of rotatable bonds is 2. The molecule has 1 atom stereocenters. The molecule has 0 radical (unpaired) electrons. The number of nitrogens with one attached hydrogen (secondary N) is 1. The quantitative estimate of drug-likeness (QED) is 0.877. The Bertz CT molecular complexity index is 539. The van der Waals surface area contributed by atoms with Crippen LogP contribution in [0.15, 0.2) is 24.3 Å². The lowest BCUT2D eigenvalue weighted by atomic mass is 10.1. The second kappa shape index (κ2) is 5.73. The highest BCUT2D eigenvalue weighted by atomic mass is 16.5. The number of carbonyl (C=O) groups excluding carboxylic acids is 1. The summed E-state index contributed by atoms with van der Waals surface area (Å²) in [5.74, 6) is -0.989. The second-order valence-electron chi connectivity index (χ2n) is 5.88. The Kier molecular flexibility index (Phi) is 4.18. The lowest BCUT2D eigenvalue weighted by Gasteiger charge is -2.41. The van der Waals surface area contributed by atoms with E-state index in [1.165, 1.54) is 12.1 Å². The summed E-state index contributed by atoms with van der Waals surface area (Å²) in [4.78, 5) is 24.8. The molecule has 0 spiro atoms. The molecule has 2 N–H and O–H groups in total. The first-order valence-electron chi connectivity index (χ1n) is 6.84. The smallest absolute Gasteiger partial charge is 0.335 e. The molecule has 1 aromatic carbocycles. The monoisotopic (exact) mass is 292 g/mol. The first-order valence-corrected chi connectivity index (χ1v) is 6.84. The first kappa shape index (κ1) is 15.3. The SMILES string of the molecule is CC1CN(C(=O)Nc2ccc(C(=O)O)cc2)CC(C)(C)O1. The molecule has 1 unspecified atom stereocenters. The Hall–Kier alpha value is -2.08. The van der Waals surface area contributed by atoms with E-state index in [0.29, 0.717) is 18.8 Å². The highest BCUT2D eigenvalue weighted by Gasteiger charge is 2.33. The lowest BCUT2D eigenvalue weighted by Crippen LogP contribution is -2.54. The van der Waals surface area contributed by atoms with Crippen LogP contribution in [0.25, 0.3) is 0 Å². The maximum absolute atomic E-state index is 12.3. The summed E-state index contributed by atoms with van der Waals surface area (Å²) in [6.07, 6.45) is -0.0195. The van der Waals surface area contributed by atoms with Crippen molar-refractivity contribution in [2.75, 3.05) is 18.4 Å². The van der Waals surface area contributed by atoms with E-state index in [4.69, 9.17) is 9.84 Å². The molecule has 1 aliphatic heterocycles. The van der Waals surface area contributed by atoms with Gasteiger partial charge in [0, 0.05) is 12.2 Å². The fourth-order valence-corrected chi connectivity index (χ4v) is 2.51. The second-order valence-corrected chi connectivity index (χ2v) is 5.88. The summed E-state index contributed by atoms with van der Waals surface area (Å²) in [6, 6.07) is 5.88. The van der Waals surface area contributed by atoms with Crippen LogP contribution in [0.1, 0.15) is 31.1 Å². The van der Waals surface area contributed by atoms with E-state index in [1.54, 1.807) is 17.0 Å². The van der Waals surface area contributed by atoms with Crippen LogP contribution in [0.5, 0.6) is 0 Å². The summed E-state index contributed by atoms with van der Waals surface area (Å²) in [7, 11) is 0. The van der Waals surface area contributed by atoms with Gasteiger partial charge in [-0.15, -0.1) is 0 Å². The van der Waals surface area contributed by atoms with Gasteiger partial charge in [0.1, 0.15) is 0 Å². The average molecular weight is 292 g/mol. The normalized spacial score (nSPS) is 20.9. The zero-order valence-electron chi connectivity index (χ0n) is 12.4. The highest BCUT2D eigenvalue weighted by Crippen LogP contribution is 2.21. The van der Waals surface area contributed by atoms with E-state index in [0.717, 1.165) is 0 Å². The molecule has 1 heterocycles. The molecule has 114 valence electrons. The molecule has 6 nitrogen and oxygen atoms in total. The van der Waals surface area contributed by atoms with Gasteiger partial charge < -0.3 is 20.1 Å². The van der Waals surface area contributed by atoms with Gasteiger partial charge in [0.25, 0.3) is 0 Å². The molecular weight excluding hydrogens is 272 g/mol.